The van der Waals surface area contributed by atoms with Crippen LogP contribution >= 0.6 is 0 Å². The van der Waals surface area contributed by atoms with Crippen LogP contribution in [0, 0.1) is 5.92 Å². The van der Waals surface area contributed by atoms with Gasteiger partial charge in [0.1, 0.15) is 0 Å². The van der Waals surface area contributed by atoms with Gasteiger partial charge in [-0.1, -0.05) is 27.2 Å². The highest BCUT2D eigenvalue weighted by atomic mass is 15.2. The van der Waals surface area contributed by atoms with Gasteiger partial charge in [-0.05, 0) is 46.7 Å². The predicted molar refractivity (Wildman–Crippen MR) is 73.9 cm³/mol. The van der Waals surface area contributed by atoms with E-state index in [2.05, 4.69) is 58.8 Å². The molecule has 0 amide bonds. The van der Waals surface area contributed by atoms with E-state index >= 15 is 0 Å². The zero-order valence-electron chi connectivity index (χ0n) is 12.4. The van der Waals surface area contributed by atoms with Crippen molar-refractivity contribution in [1.29, 1.82) is 0 Å². The molecule has 1 atom stereocenters. The molecule has 0 aliphatic heterocycles. The average molecular weight is 228 g/mol. The maximum Gasteiger partial charge on any atom is 0.0240 e. The molecule has 0 aliphatic rings. The van der Waals surface area contributed by atoms with Crippen molar-refractivity contribution in [1.82, 2.24) is 10.2 Å². The molecule has 0 saturated carbocycles. The third kappa shape index (κ3) is 7.24. The van der Waals surface area contributed by atoms with Crippen LogP contribution in [0.3, 0.4) is 0 Å². The van der Waals surface area contributed by atoms with Crippen LogP contribution < -0.4 is 5.32 Å². The van der Waals surface area contributed by atoms with Gasteiger partial charge in [-0.2, -0.15) is 0 Å². The Bertz CT molecular complexity index is 170. The van der Waals surface area contributed by atoms with E-state index in [-0.39, 0.29) is 5.54 Å². The lowest BCUT2D eigenvalue weighted by molar-refractivity contribution is 0.174. The largest absolute Gasteiger partial charge is 0.311 e. The van der Waals surface area contributed by atoms with Gasteiger partial charge in [0.2, 0.25) is 0 Å². The highest BCUT2D eigenvalue weighted by Gasteiger charge is 2.20. The molecular weight excluding hydrogens is 196 g/mol. The van der Waals surface area contributed by atoms with Crippen molar-refractivity contribution in [3.05, 3.63) is 0 Å². The summed E-state index contributed by atoms with van der Waals surface area (Å²) < 4.78 is 0. The first-order chi connectivity index (χ1) is 7.28. The molecule has 2 heteroatoms. The highest BCUT2D eigenvalue weighted by molar-refractivity contribution is 4.79. The Hall–Kier alpha value is -0.0800. The summed E-state index contributed by atoms with van der Waals surface area (Å²) in [6, 6.07) is 0.644. The predicted octanol–water partition coefficient (Wildman–Crippen LogP) is 3.13. The van der Waals surface area contributed by atoms with E-state index in [1.165, 1.54) is 19.4 Å². The fourth-order valence-corrected chi connectivity index (χ4v) is 1.88. The van der Waals surface area contributed by atoms with Gasteiger partial charge >= 0.3 is 0 Å². The van der Waals surface area contributed by atoms with Gasteiger partial charge in [0.05, 0.1) is 0 Å². The lowest BCUT2D eigenvalue weighted by Crippen LogP contribution is -2.48. The van der Waals surface area contributed by atoms with Crippen LogP contribution in [0.4, 0.5) is 0 Å². The minimum absolute atomic E-state index is 0.221. The van der Waals surface area contributed by atoms with Gasteiger partial charge in [-0.15, -0.1) is 0 Å². The molecular formula is C14H32N2. The quantitative estimate of drug-likeness (QED) is 0.720. The molecule has 1 unspecified atom stereocenters. The highest BCUT2D eigenvalue weighted by Crippen LogP contribution is 2.11. The van der Waals surface area contributed by atoms with E-state index in [1.807, 2.05) is 0 Å². The summed E-state index contributed by atoms with van der Waals surface area (Å²) in [5.74, 6) is 0.705. The van der Waals surface area contributed by atoms with Gasteiger partial charge in [0, 0.05) is 18.1 Å². The third-order valence-corrected chi connectivity index (χ3v) is 3.04. The second-order valence-corrected chi connectivity index (χ2v) is 6.28. The number of unbranched alkanes of at least 4 members (excludes halogenated alkanes) is 1. The lowest BCUT2D eigenvalue weighted by Gasteiger charge is -2.34. The number of likely N-dealkylation sites (N-methyl/N-ethyl adjacent to an activating group) is 1. The van der Waals surface area contributed by atoms with Crippen molar-refractivity contribution < 1.29 is 0 Å². The average Bonchev–Trinajstić information content (AvgIpc) is 2.12. The SMILES string of the molecule is CCCCN(C)C(CNC(C)(C)C)C(C)C. The van der Waals surface area contributed by atoms with Gasteiger partial charge in [0.15, 0.2) is 0 Å². The van der Waals surface area contributed by atoms with Gasteiger partial charge in [-0.25, -0.2) is 0 Å². The molecule has 0 radical (unpaired) electrons. The molecule has 0 heterocycles. The maximum atomic E-state index is 3.62. The molecule has 0 fully saturated rings. The maximum absolute atomic E-state index is 3.62. The number of hydrogen-bond acceptors (Lipinski definition) is 2. The first-order valence-corrected chi connectivity index (χ1v) is 6.73. The van der Waals surface area contributed by atoms with E-state index in [0.717, 1.165) is 6.54 Å². The van der Waals surface area contributed by atoms with Crippen LogP contribution in [0.5, 0.6) is 0 Å². The van der Waals surface area contributed by atoms with Crippen molar-refractivity contribution in [2.45, 2.75) is 66.0 Å². The summed E-state index contributed by atoms with van der Waals surface area (Å²) in [6.07, 6.45) is 2.58. The number of nitrogens with one attached hydrogen (secondary N) is 1. The smallest absolute Gasteiger partial charge is 0.0240 e. The van der Waals surface area contributed by atoms with Crippen molar-refractivity contribution in [3.63, 3.8) is 0 Å². The summed E-state index contributed by atoms with van der Waals surface area (Å²) in [5, 5.41) is 3.62. The molecule has 0 rings (SSSR count). The Kier molecular flexibility index (Phi) is 7.25. The van der Waals surface area contributed by atoms with Crippen molar-refractivity contribution in [2.75, 3.05) is 20.1 Å². The number of rotatable bonds is 7. The first kappa shape index (κ1) is 15.9. The topological polar surface area (TPSA) is 15.3 Å². The molecule has 0 saturated heterocycles. The molecule has 2 nitrogen and oxygen atoms in total. The van der Waals surface area contributed by atoms with Crippen molar-refractivity contribution in [3.8, 4) is 0 Å². The molecule has 0 aromatic heterocycles. The molecule has 0 aromatic rings. The van der Waals surface area contributed by atoms with Gasteiger partial charge in [-0.3, -0.25) is 0 Å². The van der Waals surface area contributed by atoms with E-state index in [9.17, 15) is 0 Å². The minimum atomic E-state index is 0.221. The summed E-state index contributed by atoms with van der Waals surface area (Å²) in [4.78, 5) is 2.51. The normalized spacial score (nSPS) is 14.8. The zero-order valence-corrected chi connectivity index (χ0v) is 12.4. The Labute approximate surface area is 103 Å². The zero-order chi connectivity index (χ0) is 12.8. The molecule has 1 N–H and O–H groups in total. The second-order valence-electron chi connectivity index (χ2n) is 6.28. The van der Waals surface area contributed by atoms with Crippen LogP contribution in [-0.2, 0) is 0 Å². The lowest BCUT2D eigenvalue weighted by atomic mass is 10.0. The van der Waals surface area contributed by atoms with Crippen LogP contribution in [0.1, 0.15) is 54.4 Å². The fraction of sp³-hybridized carbons (Fsp3) is 1.00. The summed E-state index contributed by atoms with van der Waals surface area (Å²) in [6.45, 7) is 15.9. The van der Waals surface area contributed by atoms with Crippen molar-refractivity contribution >= 4 is 0 Å². The number of nitrogens with zero attached hydrogens (tertiary/aromatic N) is 1. The van der Waals surface area contributed by atoms with Gasteiger partial charge in [0.25, 0.3) is 0 Å². The Morgan fingerprint density at radius 3 is 2.12 bits per heavy atom. The Morgan fingerprint density at radius 1 is 1.19 bits per heavy atom. The summed E-state index contributed by atoms with van der Waals surface area (Å²) in [5.41, 5.74) is 0.221. The summed E-state index contributed by atoms with van der Waals surface area (Å²) >= 11 is 0. The van der Waals surface area contributed by atoms with Crippen molar-refractivity contribution in [2.24, 2.45) is 5.92 Å². The second kappa shape index (κ2) is 7.29. The first-order valence-electron chi connectivity index (χ1n) is 6.73. The molecule has 0 bridgehead atoms. The standard InChI is InChI=1S/C14H32N2/c1-8-9-10-16(7)13(12(2)3)11-15-14(4,5)6/h12-13,15H,8-11H2,1-7H3. The molecule has 0 aliphatic carbocycles. The van der Waals surface area contributed by atoms with E-state index in [0.29, 0.717) is 12.0 Å². The van der Waals surface area contributed by atoms with Gasteiger partial charge < -0.3 is 10.2 Å². The molecule has 0 aromatic carbocycles. The van der Waals surface area contributed by atoms with E-state index in [1.54, 1.807) is 0 Å². The Morgan fingerprint density at radius 2 is 1.75 bits per heavy atom. The summed E-state index contributed by atoms with van der Waals surface area (Å²) in [7, 11) is 2.25. The van der Waals surface area contributed by atoms with E-state index in [4.69, 9.17) is 0 Å². The molecule has 0 spiro atoms. The van der Waals surface area contributed by atoms with E-state index < -0.39 is 0 Å². The minimum Gasteiger partial charge on any atom is -0.311 e. The Balaban J connectivity index is 4.16. The van der Waals surface area contributed by atoms with Crippen LogP contribution in [0.25, 0.3) is 0 Å². The molecule has 16 heavy (non-hydrogen) atoms. The van der Waals surface area contributed by atoms with Crippen LogP contribution in [-0.4, -0.2) is 36.6 Å². The molecule has 98 valence electrons. The monoisotopic (exact) mass is 228 g/mol. The van der Waals surface area contributed by atoms with Crippen LogP contribution in [0.2, 0.25) is 0 Å². The van der Waals surface area contributed by atoms with Crippen LogP contribution in [0.15, 0.2) is 0 Å². The third-order valence-electron chi connectivity index (χ3n) is 3.04. The fourth-order valence-electron chi connectivity index (χ4n) is 1.88. The number of hydrogen-bond donors (Lipinski definition) is 1.